The molecule has 0 bridgehead atoms. The fourth-order valence-corrected chi connectivity index (χ4v) is 11.7. The van der Waals surface area contributed by atoms with Crippen molar-refractivity contribution in [3.8, 4) is 22.3 Å². The molecule has 2 atom stereocenters. The van der Waals surface area contributed by atoms with E-state index in [-0.39, 0.29) is 46.9 Å². The summed E-state index contributed by atoms with van der Waals surface area (Å²) in [6.07, 6.45) is -14.0. The summed E-state index contributed by atoms with van der Waals surface area (Å²) in [4.78, 5) is 0. The molecule has 13 heteroatoms. The van der Waals surface area contributed by atoms with E-state index in [1.807, 2.05) is 78.0 Å². The normalized spacial score (nSPS) is 17.2. The van der Waals surface area contributed by atoms with Gasteiger partial charge in [-0.2, -0.15) is 52.7 Å². The standard InChI is InChI=1S/C48H48F12Si/c1-7-9-27-11-13-35-39(43(27)29-15-31(45(49,50)51)19-32(16-29)46(52,53)54)21-37(25(3)4)41(35)23-61-24-42-36-14-12-28(10-8-2)44(40(36)22-38(42)26(5)6)30-17-33(47(55,56)57)20-34(18-30)48(58,59)60/h11-22,25-26,41-42H,7-10,23-24,61H2,1-6H3. The quantitative estimate of drug-likeness (QED) is 0.0982. The number of hydrogen-bond donors (Lipinski definition) is 0. The number of rotatable bonds is 12. The zero-order valence-corrected chi connectivity index (χ0v) is 36.1. The summed E-state index contributed by atoms with van der Waals surface area (Å²) in [6.45, 7) is 11.8. The van der Waals surface area contributed by atoms with Crippen LogP contribution in [-0.2, 0) is 37.5 Å². The number of alkyl halides is 12. The van der Waals surface area contributed by atoms with Crippen molar-refractivity contribution in [2.24, 2.45) is 11.8 Å². The van der Waals surface area contributed by atoms with Gasteiger partial charge in [-0.3, -0.25) is 0 Å². The van der Waals surface area contributed by atoms with Gasteiger partial charge < -0.3 is 0 Å². The van der Waals surface area contributed by atoms with E-state index in [2.05, 4.69) is 0 Å². The molecule has 2 unspecified atom stereocenters. The summed E-state index contributed by atoms with van der Waals surface area (Å²) in [5, 5.41) is 0. The van der Waals surface area contributed by atoms with Crippen molar-refractivity contribution >= 4 is 21.7 Å². The van der Waals surface area contributed by atoms with Gasteiger partial charge in [0.1, 0.15) is 0 Å². The summed E-state index contributed by atoms with van der Waals surface area (Å²) in [5.74, 6) is -0.254. The maximum Gasteiger partial charge on any atom is 0.416 e. The highest BCUT2D eigenvalue weighted by atomic mass is 28.2. The number of aryl methyl sites for hydroxylation is 2. The molecule has 61 heavy (non-hydrogen) atoms. The summed E-state index contributed by atoms with van der Waals surface area (Å²) in [5.41, 5.74) is 1.26. The number of allylic oxidation sites excluding steroid dienone is 2. The van der Waals surface area contributed by atoms with Gasteiger partial charge in [-0.1, -0.05) is 114 Å². The van der Waals surface area contributed by atoms with E-state index in [4.69, 9.17) is 0 Å². The average Bonchev–Trinajstić information content (AvgIpc) is 3.72. The molecule has 0 aromatic heterocycles. The molecule has 4 aromatic carbocycles. The molecule has 0 saturated carbocycles. The lowest BCUT2D eigenvalue weighted by atomic mass is 9.86. The minimum absolute atomic E-state index is 0.00745. The lowest BCUT2D eigenvalue weighted by Crippen LogP contribution is -2.12. The molecule has 328 valence electrons. The highest BCUT2D eigenvalue weighted by molar-refractivity contribution is 6.36. The predicted molar refractivity (Wildman–Crippen MR) is 221 cm³/mol. The Bertz CT molecular complexity index is 2110. The lowest BCUT2D eigenvalue weighted by Gasteiger charge is -2.24. The zero-order chi connectivity index (χ0) is 45.0. The van der Waals surface area contributed by atoms with Gasteiger partial charge in [-0.15, -0.1) is 0 Å². The third-order valence-corrected chi connectivity index (χ3v) is 14.0. The molecule has 0 saturated heterocycles. The van der Waals surface area contributed by atoms with Crippen LogP contribution in [0.4, 0.5) is 52.7 Å². The topological polar surface area (TPSA) is 0 Å². The van der Waals surface area contributed by atoms with Crippen LogP contribution in [0.2, 0.25) is 12.1 Å². The molecule has 0 heterocycles. The van der Waals surface area contributed by atoms with Crippen molar-refractivity contribution in [1.82, 2.24) is 0 Å². The Kier molecular flexibility index (Phi) is 13.0. The van der Waals surface area contributed by atoms with Crippen LogP contribution >= 0.6 is 0 Å². The fourth-order valence-electron chi connectivity index (χ4n) is 9.32. The number of hydrogen-bond acceptors (Lipinski definition) is 0. The minimum Gasteiger partial charge on any atom is -0.166 e. The highest BCUT2D eigenvalue weighted by Crippen LogP contribution is 2.52. The first-order valence-corrected chi connectivity index (χ1v) is 22.7. The van der Waals surface area contributed by atoms with E-state index in [9.17, 15) is 52.7 Å². The zero-order valence-electron chi connectivity index (χ0n) is 34.7. The van der Waals surface area contributed by atoms with Crippen molar-refractivity contribution in [3.63, 3.8) is 0 Å². The maximum atomic E-state index is 14.1. The molecule has 2 aliphatic carbocycles. The van der Waals surface area contributed by atoms with E-state index in [0.717, 1.165) is 58.6 Å². The SMILES string of the molecule is CCCc1ccc2c(c1-c1cc(C(F)(F)F)cc(C(F)(F)F)c1)C=C(C(C)C)C2C[SiH2]CC1C(C(C)C)=Cc2c1ccc(CCC)c2-c1cc(C(F)(F)F)cc(C(F)(F)F)c1. The fraction of sp³-hybridized carbons (Fsp3) is 0.417. The van der Waals surface area contributed by atoms with Crippen molar-refractivity contribution in [1.29, 1.82) is 0 Å². The van der Waals surface area contributed by atoms with Crippen LogP contribution in [0.5, 0.6) is 0 Å². The molecule has 2 aliphatic rings. The van der Waals surface area contributed by atoms with Crippen LogP contribution in [0.25, 0.3) is 34.4 Å². The molecule has 0 fully saturated rings. The molecule has 4 aromatic rings. The second-order valence-electron chi connectivity index (χ2n) is 16.9. The van der Waals surface area contributed by atoms with Crippen LogP contribution in [0.15, 0.2) is 71.8 Å². The number of halogens is 12. The molecule has 6 rings (SSSR count). The van der Waals surface area contributed by atoms with E-state index >= 15 is 0 Å². The second kappa shape index (κ2) is 17.1. The Morgan fingerprint density at radius 1 is 0.475 bits per heavy atom. The van der Waals surface area contributed by atoms with Crippen LogP contribution in [-0.4, -0.2) is 9.52 Å². The third-order valence-electron chi connectivity index (χ3n) is 12.0. The van der Waals surface area contributed by atoms with Gasteiger partial charge in [0.15, 0.2) is 0 Å². The first kappa shape index (κ1) is 46.2. The largest absolute Gasteiger partial charge is 0.416 e. The average molecular weight is 881 g/mol. The van der Waals surface area contributed by atoms with Crippen LogP contribution in [0.3, 0.4) is 0 Å². The van der Waals surface area contributed by atoms with E-state index in [1.165, 1.54) is 0 Å². The highest BCUT2D eigenvalue weighted by Gasteiger charge is 2.40. The summed E-state index contributed by atoms with van der Waals surface area (Å²) in [6, 6.07) is 12.5. The van der Waals surface area contributed by atoms with Crippen LogP contribution in [0, 0.1) is 11.8 Å². The third kappa shape index (κ3) is 9.56. The first-order valence-electron chi connectivity index (χ1n) is 20.7. The Labute approximate surface area is 351 Å². The molecular weight excluding hydrogens is 833 g/mol. The monoisotopic (exact) mass is 880 g/mol. The van der Waals surface area contributed by atoms with Gasteiger partial charge in [-0.25, -0.2) is 0 Å². The van der Waals surface area contributed by atoms with Gasteiger partial charge in [0.05, 0.1) is 22.3 Å². The minimum atomic E-state index is -5.01. The summed E-state index contributed by atoms with van der Waals surface area (Å²) >= 11 is 0. The van der Waals surface area contributed by atoms with Crippen LogP contribution in [0.1, 0.15) is 122 Å². The number of benzene rings is 4. The van der Waals surface area contributed by atoms with Crippen LogP contribution < -0.4 is 0 Å². The molecule has 0 radical (unpaired) electrons. The van der Waals surface area contributed by atoms with E-state index in [0.29, 0.717) is 59.1 Å². The molecule has 0 spiro atoms. The molecular formula is C48H48F12Si. The summed E-state index contributed by atoms with van der Waals surface area (Å²) < 4.78 is 169. The van der Waals surface area contributed by atoms with Gasteiger partial charge in [0, 0.05) is 21.4 Å². The Hall–Kier alpha value is -4.26. The van der Waals surface area contributed by atoms with Crippen molar-refractivity contribution < 1.29 is 52.7 Å². The van der Waals surface area contributed by atoms with Gasteiger partial charge >= 0.3 is 24.7 Å². The molecule has 0 amide bonds. The Balaban J connectivity index is 1.41. The first-order chi connectivity index (χ1) is 28.3. The lowest BCUT2D eigenvalue weighted by molar-refractivity contribution is -0.144. The molecule has 0 aliphatic heterocycles. The maximum absolute atomic E-state index is 14.1. The smallest absolute Gasteiger partial charge is 0.166 e. The number of fused-ring (bicyclic) bond motifs is 2. The van der Waals surface area contributed by atoms with Gasteiger partial charge in [-0.05, 0) is 117 Å². The van der Waals surface area contributed by atoms with E-state index < -0.39 is 56.5 Å². The second-order valence-corrected chi connectivity index (χ2v) is 18.8. The van der Waals surface area contributed by atoms with Gasteiger partial charge in [0.2, 0.25) is 0 Å². The molecule has 0 N–H and O–H groups in total. The summed E-state index contributed by atoms with van der Waals surface area (Å²) in [7, 11) is -1.02. The predicted octanol–water partition coefficient (Wildman–Crippen LogP) is 16.0. The Morgan fingerprint density at radius 3 is 1.05 bits per heavy atom. The van der Waals surface area contributed by atoms with Gasteiger partial charge in [0.25, 0.3) is 0 Å². The Morgan fingerprint density at radius 2 is 0.787 bits per heavy atom. The van der Waals surface area contributed by atoms with E-state index in [1.54, 1.807) is 0 Å². The van der Waals surface area contributed by atoms with Crippen molar-refractivity contribution in [3.05, 3.63) is 127 Å². The van der Waals surface area contributed by atoms with Crippen molar-refractivity contribution in [2.45, 2.75) is 116 Å². The van der Waals surface area contributed by atoms with Crippen molar-refractivity contribution in [2.75, 3.05) is 0 Å². The molecule has 0 nitrogen and oxygen atoms in total.